The monoisotopic (exact) mass is 270 g/mol. The summed E-state index contributed by atoms with van der Waals surface area (Å²) in [7, 11) is 0. The molecule has 3 heteroatoms. The van der Waals surface area contributed by atoms with Crippen LogP contribution >= 0.6 is 0 Å². The molecule has 0 amide bonds. The van der Waals surface area contributed by atoms with E-state index in [-0.39, 0.29) is 5.82 Å². The van der Waals surface area contributed by atoms with E-state index in [0.29, 0.717) is 22.8 Å². The lowest BCUT2D eigenvalue weighted by Crippen LogP contribution is -2.14. The Labute approximate surface area is 118 Å². The van der Waals surface area contributed by atoms with Gasteiger partial charge in [0.2, 0.25) is 0 Å². The molecule has 104 valence electrons. The second kappa shape index (κ2) is 4.30. The molecule has 1 aromatic heterocycles. The fraction of sp³-hybridized carbons (Fsp3) is 0.353. The van der Waals surface area contributed by atoms with Crippen LogP contribution in [-0.4, -0.2) is 4.98 Å². The van der Waals surface area contributed by atoms with Crippen LogP contribution in [0.4, 0.5) is 4.39 Å². The highest BCUT2D eigenvalue weighted by molar-refractivity contribution is 5.91. The van der Waals surface area contributed by atoms with Crippen LogP contribution in [0.2, 0.25) is 0 Å². The van der Waals surface area contributed by atoms with Gasteiger partial charge in [-0.25, -0.2) is 9.37 Å². The van der Waals surface area contributed by atoms with E-state index in [0.717, 1.165) is 34.9 Å². The summed E-state index contributed by atoms with van der Waals surface area (Å²) in [6.07, 6.45) is 1.95. The number of benzene rings is 1. The van der Waals surface area contributed by atoms with E-state index in [1.54, 1.807) is 0 Å². The molecule has 1 aromatic carbocycles. The quantitative estimate of drug-likeness (QED) is 0.851. The fourth-order valence-electron chi connectivity index (χ4n) is 3.44. The van der Waals surface area contributed by atoms with Crippen molar-refractivity contribution in [3.8, 4) is 0 Å². The maximum atomic E-state index is 14.1. The minimum absolute atomic E-state index is 0.182. The van der Waals surface area contributed by atoms with E-state index < -0.39 is 0 Å². The molecule has 0 radical (unpaired) electrons. The number of hydrogen-bond acceptors (Lipinski definition) is 2. The van der Waals surface area contributed by atoms with Crippen molar-refractivity contribution in [1.82, 2.24) is 4.98 Å². The summed E-state index contributed by atoms with van der Waals surface area (Å²) in [5, 5.41) is 1.13. The van der Waals surface area contributed by atoms with Gasteiger partial charge in [0.1, 0.15) is 5.82 Å². The van der Waals surface area contributed by atoms with Gasteiger partial charge < -0.3 is 5.73 Å². The average Bonchev–Trinajstić information content (AvgIpc) is 2.39. The average molecular weight is 270 g/mol. The highest BCUT2D eigenvalue weighted by Gasteiger charge is 2.25. The highest BCUT2D eigenvalue weighted by atomic mass is 19.1. The highest BCUT2D eigenvalue weighted by Crippen LogP contribution is 2.41. The van der Waals surface area contributed by atoms with Gasteiger partial charge >= 0.3 is 0 Å². The maximum Gasteiger partial charge on any atom is 0.128 e. The Kier molecular flexibility index (Phi) is 2.82. The Hall–Kier alpha value is -1.90. The van der Waals surface area contributed by atoms with Crippen molar-refractivity contribution < 1.29 is 4.39 Å². The molecule has 2 nitrogen and oxygen atoms in total. The first-order chi connectivity index (χ1) is 9.41. The predicted octanol–water partition coefficient (Wildman–Crippen LogP) is 3.97. The summed E-state index contributed by atoms with van der Waals surface area (Å²) in [6, 6.07) is 1.53. The van der Waals surface area contributed by atoms with E-state index >= 15 is 0 Å². The molecule has 0 saturated carbocycles. The van der Waals surface area contributed by atoms with Crippen molar-refractivity contribution >= 4 is 16.6 Å². The first kappa shape index (κ1) is 13.1. The summed E-state index contributed by atoms with van der Waals surface area (Å²) in [5.74, 6) is 0.258. The van der Waals surface area contributed by atoms with Gasteiger partial charge in [-0.3, -0.25) is 0 Å². The summed E-state index contributed by atoms with van der Waals surface area (Å²) < 4.78 is 14.1. The third kappa shape index (κ3) is 1.65. The lowest BCUT2D eigenvalue weighted by molar-refractivity contribution is 0.608. The zero-order valence-electron chi connectivity index (χ0n) is 12.2. The molecule has 2 aromatic rings. The van der Waals surface area contributed by atoms with Gasteiger partial charge in [0.15, 0.2) is 0 Å². The van der Waals surface area contributed by atoms with E-state index in [1.807, 2.05) is 13.8 Å². The van der Waals surface area contributed by atoms with Gasteiger partial charge in [0, 0.05) is 11.5 Å². The number of aryl methyl sites for hydroxylation is 1. The molecule has 20 heavy (non-hydrogen) atoms. The fourth-order valence-corrected chi connectivity index (χ4v) is 3.44. The van der Waals surface area contributed by atoms with Crippen molar-refractivity contribution in [3.63, 3.8) is 0 Å². The SMILES string of the molecule is C=C(N)c1nc2cc(F)c(C)c3c2c(c1C)[C@@H](C)CC3. The minimum Gasteiger partial charge on any atom is -0.397 e. The number of nitrogens with two attached hydrogens (primary N) is 1. The third-order valence-corrected chi connectivity index (χ3v) is 4.52. The smallest absolute Gasteiger partial charge is 0.128 e. The van der Waals surface area contributed by atoms with Crippen molar-refractivity contribution in [3.05, 3.63) is 46.4 Å². The molecular weight excluding hydrogens is 251 g/mol. The Bertz CT molecular complexity index is 747. The molecule has 3 rings (SSSR count). The lowest BCUT2D eigenvalue weighted by Gasteiger charge is -2.27. The molecule has 1 aliphatic rings. The summed E-state index contributed by atoms with van der Waals surface area (Å²) in [6.45, 7) is 9.91. The van der Waals surface area contributed by atoms with Crippen LogP contribution in [0.25, 0.3) is 16.6 Å². The second-order valence-electron chi connectivity index (χ2n) is 5.82. The number of pyridine rings is 1. The van der Waals surface area contributed by atoms with Crippen LogP contribution in [0.15, 0.2) is 12.6 Å². The Morgan fingerprint density at radius 2 is 2.10 bits per heavy atom. The zero-order chi connectivity index (χ0) is 14.6. The van der Waals surface area contributed by atoms with Gasteiger partial charge in [-0.2, -0.15) is 0 Å². The number of nitrogens with zero attached hydrogens (tertiary/aromatic N) is 1. The Balaban J connectivity index is 2.53. The topological polar surface area (TPSA) is 38.9 Å². The molecule has 1 aliphatic carbocycles. The van der Waals surface area contributed by atoms with E-state index in [9.17, 15) is 4.39 Å². The van der Waals surface area contributed by atoms with Crippen molar-refractivity contribution in [1.29, 1.82) is 0 Å². The van der Waals surface area contributed by atoms with E-state index in [1.165, 1.54) is 11.6 Å². The molecule has 0 bridgehead atoms. The summed E-state index contributed by atoms with van der Waals surface area (Å²) in [4.78, 5) is 4.55. The van der Waals surface area contributed by atoms with Crippen LogP contribution in [0.5, 0.6) is 0 Å². The van der Waals surface area contributed by atoms with Crippen LogP contribution in [0.3, 0.4) is 0 Å². The lowest BCUT2D eigenvalue weighted by atomic mass is 9.79. The molecule has 1 heterocycles. The molecule has 0 aliphatic heterocycles. The third-order valence-electron chi connectivity index (χ3n) is 4.52. The van der Waals surface area contributed by atoms with Crippen LogP contribution in [-0.2, 0) is 6.42 Å². The number of halogens is 1. The van der Waals surface area contributed by atoms with Crippen molar-refractivity contribution in [2.75, 3.05) is 0 Å². The summed E-state index contributed by atoms with van der Waals surface area (Å²) >= 11 is 0. The van der Waals surface area contributed by atoms with Gasteiger partial charge in [-0.1, -0.05) is 13.5 Å². The number of rotatable bonds is 1. The Morgan fingerprint density at radius 1 is 1.40 bits per heavy atom. The van der Waals surface area contributed by atoms with Crippen LogP contribution in [0.1, 0.15) is 47.2 Å². The molecule has 0 unspecified atom stereocenters. The summed E-state index contributed by atoms with van der Waals surface area (Å²) in [5.41, 5.74) is 11.9. The first-order valence-corrected chi connectivity index (χ1v) is 6.98. The largest absolute Gasteiger partial charge is 0.397 e. The number of hydrogen-bond donors (Lipinski definition) is 1. The van der Waals surface area contributed by atoms with Gasteiger partial charge in [-0.15, -0.1) is 0 Å². The van der Waals surface area contributed by atoms with Crippen LogP contribution < -0.4 is 5.73 Å². The van der Waals surface area contributed by atoms with Crippen LogP contribution in [0, 0.1) is 19.7 Å². The Morgan fingerprint density at radius 3 is 2.75 bits per heavy atom. The number of aromatic nitrogens is 1. The zero-order valence-corrected chi connectivity index (χ0v) is 12.2. The second-order valence-corrected chi connectivity index (χ2v) is 5.82. The first-order valence-electron chi connectivity index (χ1n) is 6.98. The normalized spacial score (nSPS) is 17.5. The molecule has 0 spiro atoms. The standard InChI is InChI=1S/C17H19FN2/c1-8-5-6-12-9(2)13(18)7-14-16(12)15(8)10(3)17(20-14)11(4)19/h7-8H,4-6,19H2,1-3H3/t8-/m0/s1. The molecule has 0 fully saturated rings. The molecule has 0 saturated heterocycles. The maximum absolute atomic E-state index is 14.1. The van der Waals surface area contributed by atoms with Crippen molar-refractivity contribution in [2.45, 2.75) is 39.5 Å². The van der Waals surface area contributed by atoms with Gasteiger partial charge in [0.25, 0.3) is 0 Å². The van der Waals surface area contributed by atoms with Crippen molar-refractivity contribution in [2.24, 2.45) is 5.73 Å². The minimum atomic E-state index is -0.182. The molecule has 2 N–H and O–H groups in total. The van der Waals surface area contributed by atoms with Gasteiger partial charge in [0.05, 0.1) is 16.9 Å². The predicted molar refractivity (Wildman–Crippen MR) is 81.1 cm³/mol. The van der Waals surface area contributed by atoms with Gasteiger partial charge in [-0.05, 0) is 54.9 Å². The van der Waals surface area contributed by atoms with E-state index in [2.05, 4.69) is 18.5 Å². The van der Waals surface area contributed by atoms with E-state index in [4.69, 9.17) is 5.73 Å². The molecular formula is C17H19FN2. The molecule has 1 atom stereocenters.